The maximum Gasteiger partial charge on any atom is 0.243 e. The number of methoxy groups -OCH3 is 1. The lowest BCUT2D eigenvalue weighted by Gasteiger charge is -2.08. The molecule has 0 saturated heterocycles. The van der Waals surface area contributed by atoms with Gasteiger partial charge in [0.2, 0.25) is 5.70 Å². The van der Waals surface area contributed by atoms with Crippen molar-refractivity contribution in [3.8, 4) is 5.75 Å². The first kappa shape index (κ1) is 20.7. The van der Waals surface area contributed by atoms with Gasteiger partial charge in [-0.3, -0.25) is 14.9 Å². The summed E-state index contributed by atoms with van der Waals surface area (Å²) in [5.74, 6) is 0.634. The zero-order valence-electron chi connectivity index (χ0n) is 16.7. The van der Waals surface area contributed by atoms with Crippen LogP contribution in [0, 0.1) is 10.1 Å². The normalized spacial score (nSPS) is 10.9. The van der Waals surface area contributed by atoms with Crippen LogP contribution in [0.3, 0.4) is 0 Å². The first-order valence-electron chi connectivity index (χ1n) is 9.36. The minimum Gasteiger partial charge on any atom is -0.496 e. The summed E-state index contributed by atoms with van der Waals surface area (Å²) in [6, 6.07) is 25.1. The number of carbonyl (C=O) groups excluding carboxylic acids is 1. The van der Waals surface area contributed by atoms with Crippen LogP contribution in [0.15, 0.2) is 84.6 Å². The van der Waals surface area contributed by atoms with E-state index in [1.54, 1.807) is 13.2 Å². The Bertz CT molecular complexity index is 1240. The molecule has 0 aliphatic heterocycles. The number of carbonyl (C=O) groups is 1. The molecule has 0 spiro atoms. The zero-order chi connectivity index (χ0) is 21.5. The van der Waals surface area contributed by atoms with E-state index in [-0.39, 0.29) is 5.70 Å². The molecular weight excluding hydrogens is 378 g/mol. The molecule has 0 heterocycles. The second-order valence-corrected chi connectivity index (χ2v) is 6.63. The minimum absolute atomic E-state index is 0.0876. The van der Waals surface area contributed by atoms with Crippen molar-refractivity contribution in [1.29, 1.82) is 0 Å². The van der Waals surface area contributed by atoms with Crippen LogP contribution < -0.4 is 4.74 Å². The average Bonchev–Trinajstić information content (AvgIpc) is 2.79. The van der Waals surface area contributed by atoms with Crippen LogP contribution in [-0.4, -0.2) is 18.3 Å². The van der Waals surface area contributed by atoms with Gasteiger partial charge in [-0.05, 0) is 27.6 Å². The van der Waals surface area contributed by atoms with Gasteiger partial charge in [0.25, 0.3) is 0 Å². The number of fused-ring (bicyclic) bond motifs is 2. The maximum atomic E-state index is 10.7. The first-order valence-corrected chi connectivity index (χ1v) is 9.36. The standard InChI is InChI=1S/C14H13NO3.C11H8O/c1-10(15(16)17)9-13-12-6-4-3-5-11(12)7-8-14(13)18-2;12-8-10-6-3-5-9-4-1-2-7-11(9)10/h3-9H,1-2H3;1-8H. The van der Waals surface area contributed by atoms with Crippen LogP contribution in [0.1, 0.15) is 22.8 Å². The molecular formula is C25H21NO4. The topological polar surface area (TPSA) is 69.4 Å². The first-order chi connectivity index (χ1) is 14.5. The third kappa shape index (κ3) is 4.52. The molecule has 5 heteroatoms. The number of rotatable bonds is 4. The third-order valence-electron chi connectivity index (χ3n) is 4.74. The summed E-state index contributed by atoms with van der Waals surface area (Å²) < 4.78 is 5.27. The summed E-state index contributed by atoms with van der Waals surface area (Å²) in [4.78, 5) is 21.0. The Labute approximate surface area is 174 Å². The summed E-state index contributed by atoms with van der Waals surface area (Å²) in [7, 11) is 1.56. The van der Waals surface area contributed by atoms with Crippen LogP contribution in [0.4, 0.5) is 0 Å². The van der Waals surface area contributed by atoms with E-state index < -0.39 is 4.92 Å². The van der Waals surface area contributed by atoms with Gasteiger partial charge in [0.05, 0.1) is 12.0 Å². The Morgan fingerprint density at radius 2 is 1.47 bits per heavy atom. The van der Waals surface area contributed by atoms with E-state index in [0.29, 0.717) is 5.75 Å². The molecule has 0 aliphatic rings. The second-order valence-electron chi connectivity index (χ2n) is 6.63. The molecule has 0 bridgehead atoms. The maximum absolute atomic E-state index is 10.7. The number of allylic oxidation sites excluding steroid dienone is 1. The molecule has 0 aromatic heterocycles. The highest BCUT2D eigenvalue weighted by molar-refractivity contribution is 5.98. The number of aldehydes is 1. The molecule has 0 aliphatic carbocycles. The van der Waals surface area contributed by atoms with E-state index in [1.165, 1.54) is 6.92 Å². The average molecular weight is 399 g/mol. The lowest BCUT2D eigenvalue weighted by Crippen LogP contribution is -1.95. The van der Waals surface area contributed by atoms with Gasteiger partial charge in [0, 0.05) is 24.1 Å². The molecule has 150 valence electrons. The molecule has 0 fully saturated rings. The Balaban J connectivity index is 0.000000184. The fourth-order valence-corrected chi connectivity index (χ4v) is 3.22. The monoisotopic (exact) mass is 399 g/mol. The predicted molar refractivity (Wildman–Crippen MR) is 120 cm³/mol. The van der Waals surface area contributed by atoms with Crippen LogP contribution >= 0.6 is 0 Å². The van der Waals surface area contributed by atoms with Gasteiger partial charge in [-0.2, -0.15) is 0 Å². The van der Waals surface area contributed by atoms with Gasteiger partial charge >= 0.3 is 0 Å². The molecule has 0 amide bonds. The van der Waals surface area contributed by atoms with Crippen LogP contribution in [-0.2, 0) is 0 Å². The SMILES string of the molecule is COc1ccc2ccccc2c1C=C(C)[N+](=O)[O-].O=Cc1cccc2ccccc12. The van der Waals surface area contributed by atoms with Crippen molar-refractivity contribution in [3.05, 3.63) is 106 Å². The van der Waals surface area contributed by atoms with Crippen LogP contribution in [0.25, 0.3) is 27.6 Å². The number of benzene rings is 4. The van der Waals surface area contributed by atoms with Crippen molar-refractivity contribution < 1.29 is 14.5 Å². The van der Waals surface area contributed by atoms with E-state index in [2.05, 4.69) is 0 Å². The Hall–Kier alpha value is -3.99. The number of hydrogen-bond acceptors (Lipinski definition) is 4. The van der Waals surface area contributed by atoms with Gasteiger partial charge in [-0.15, -0.1) is 0 Å². The molecule has 4 aromatic carbocycles. The molecule has 4 aromatic rings. The fourth-order valence-electron chi connectivity index (χ4n) is 3.22. The number of hydrogen-bond donors (Lipinski definition) is 0. The summed E-state index contributed by atoms with van der Waals surface area (Å²) >= 11 is 0. The fraction of sp³-hybridized carbons (Fsp3) is 0.0800. The van der Waals surface area contributed by atoms with Crippen LogP contribution in [0.5, 0.6) is 5.75 Å². The van der Waals surface area contributed by atoms with E-state index >= 15 is 0 Å². The molecule has 5 nitrogen and oxygen atoms in total. The Morgan fingerprint density at radius 1 is 0.867 bits per heavy atom. The zero-order valence-corrected chi connectivity index (χ0v) is 16.7. The quantitative estimate of drug-likeness (QED) is 0.235. The lowest BCUT2D eigenvalue weighted by atomic mass is 10.0. The molecule has 0 unspecified atom stereocenters. The summed E-state index contributed by atoms with van der Waals surface area (Å²) in [6.07, 6.45) is 2.43. The molecule has 0 N–H and O–H groups in total. The van der Waals surface area contributed by atoms with Gasteiger partial charge in [0.15, 0.2) is 6.29 Å². The Kier molecular flexibility index (Phi) is 6.55. The lowest BCUT2D eigenvalue weighted by molar-refractivity contribution is -0.422. The predicted octanol–water partition coefficient (Wildman–Crippen LogP) is 6.14. The van der Waals surface area contributed by atoms with Crippen molar-refractivity contribution in [1.82, 2.24) is 0 Å². The highest BCUT2D eigenvalue weighted by atomic mass is 16.6. The van der Waals surface area contributed by atoms with Crippen molar-refractivity contribution >= 4 is 33.9 Å². The molecule has 4 rings (SSSR count). The van der Waals surface area contributed by atoms with E-state index in [0.717, 1.165) is 39.0 Å². The van der Waals surface area contributed by atoms with Crippen LogP contribution in [0.2, 0.25) is 0 Å². The van der Waals surface area contributed by atoms with Crippen molar-refractivity contribution in [3.63, 3.8) is 0 Å². The highest BCUT2D eigenvalue weighted by Gasteiger charge is 2.10. The molecule has 30 heavy (non-hydrogen) atoms. The van der Waals surface area contributed by atoms with E-state index in [1.807, 2.05) is 78.9 Å². The molecule has 0 atom stereocenters. The highest BCUT2D eigenvalue weighted by Crippen LogP contribution is 2.30. The van der Waals surface area contributed by atoms with Crippen molar-refractivity contribution in [2.75, 3.05) is 7.11 Å². The van der Waals surface area contributed by atoms with E-state index in [4.69, 9.17) is 4.74 Å². The van der Waals surface area contributed by atoms with Crippen molar-refractivity contribution in [2.24, 2.45) is 0 Å². The summed E-state index contributed by atoms with van der Waals surface area (Å²) in [5.41, 5.74) is 1.59. The molecule has 0 radical (unpaired) electrons. The van der Waals surface area contributed by atoms with Gasteiger partial charge in [-0.25, -0.2) is 0 Å². The van der Waals surface area contributed by atoms with Gasteiger partial charge in [0.1, 0.15) is 5.75 Å². The number of nitrogens with zero attached hydrogens (tertiary/aromatic N) is 1. The number of nitro groups is 1. The Morgan fingerprint density at radius 3 is 2.10 bits per heavy atom. The third-order valence-corrected chi connectivity index (χ3v) is 4.74. The summed E-state index contributed by atoms with van der Waals surface area (Å²) in [5, 5.41) is 14.8. The molecule has 0 saturated carbocycles. The van der Waals surface area contributed by atoms with Gasteiger partial charge in [-0.1, -0.05) is 72.8 Å². The smallest absolute Gasteiger partial charge is 0.243 e. The van der Waals surface area contributed by atoms with Crippen molar-refractivity contribution in [2.45, 2.75) is 6.92 Å². The van der Waals surface area contributed by atoms with Gasteiger partial charge < -0.3 is 4.74 Å². The summed E-state index contributed by atoms with van der Waals surface area (Å²) in [6.45, 7) is 1.47. The number of ether oxygens (including phenoxy) is 1. The van der Waals surface area contributed by atoms with E-state index in [9.17, 15) is 14.9 Å². The second kappa shape index (κ2) is 9.47. The largest absolute Gasteiger partial charge is 0.496 e. The minimum atomic E-state index is -0.402.